The zero-order valence-electron chi connectivity index (χ0n) is 19.8. The highest BCUT2D eigenvalue weighted by Crippen LogP contribution is 2.31. The van der Waals surface area contributed by atoms with Crippen LogP contribution in [0.3, 0.4) is 0 Å². The van der Waals surface area contributed by atoms with Gasteiger partial charge in [0.1, 0.15) is 6.07 Å². The number of aliphatic hydroxyl groups excluding tert-OH is 1. The van der Waals surface area contributed by atoms with Gasteiger partial charge in [-0.1, -0.05) is 36.4 Å². The highest BCUT2D eigenvalue weighted by Gasteiger charge is 2.17. The fourth-order valence-electron chi connectivity index (χ4n) is 4.70. The lowest BCUT2D eigenvalue weighted by atomic mass is 10.0. The molecule has 0 aliphatic carbocycles. The van der Waals surface area contributed by atoms with Gasteiger partial charge < -0.3 is 15.4 Å². The van der Waals surface area contributed by atoms with Crippen LogP contribution in [0.4, 0.5) is 11.4 Å². The number of pyridine rings is 1. The molecule has 0 bridgehead atoms. The third-order valence-corrected chi connectivity index (χ3v) is 6.73. The van der Waals surface area contributed by atoms with Crippen molar-refractivity contribution >= 4 is 34.4 Å². The summed E-state index contributed by atoms with van der Waals surface area (Å²) in [5.74, 6) is 0. The maximum Gasteiger partial charge on any atom is 0.103 e. The van der Waals surface area contributed by atoms with E-state index in [0.29, 0.717) is 5.56 Å². The Labute approximate surface area is 205 Å². The number of hydrogen-bond acceptors (Lipinski definition) is 5. The van der Waals surface area contributed by atoms with Gasteiger partial charge in [0.05, 0.1) is 17.4 Å². The predicted octanol–water partition coefficient (Wildman–Crippen LogP) is 5.61. The summed E-state index contributed by atoms with van der Waals surface area (Å²) in [6.45, 7) is 4.82. The molecule has 4 aromatic rings. The first-order chi connectivity index (χ1) is 17.1. The molecular weight excluding hydrogens is 434 g/mol. The Kier molecular flexibility index (Phi) is 6.62. The molecule has 1 aliphatic heterocycles. The number of hydrogen-bond donors (Lipinski definition) is 3. The Morgan fingerprint density at radius 1 is 1.17 bits per heavy atom. The first-order valence-corrected chi connectivity index (χ1v) is 12.0. The molecule has 0 amide bonds. The summed E-state index contributed by atoms with van der Waals surface area (Å²) >= 11 is 0. The number of nitrogens with zero attached hydrogens (tertiary/aromatic N) is 3. The number of fused-ring (bicyclic) bond motifs is 1. The number of H-pyrrole nitrogens is 1. The van der Waals surface area contributed by atoms with Gasteiger partial charge >= 0.3 is 0 Å². The molecule has 2 aromatic heterocycles. The van der Waals surface area contributed by atoms with Crippen LogP contribution in [0.1, 0.15) is 40.7 Å². The molecule has 1 saturated heterocycles. The van der Waals surface area contributed by atoms with E-state index in [9.17, 15) is 10.4 Å². The number of likely N-dealkylation sites (tertiary alicyclic amines) is 1. The van der Waals surface area contributed by atoms with E-state index in [1.165, 1.54) is 5.56 Å². The normalized spacial score (nSPS) is 15.0. The number of piperidine rings is 1. The Hall–Kier alpha value is -3.92. The van der Waals surface area contributed by atoms with Crippen LogP contribution in [0.5, 0.6) is 0 Å². The number of aliphatic hydroxyl groups is 1. The summed E-state index contributed by atoms with van der Waals surface area (Å²) in [4.78, 5) is 9.92. The summed E-state index contributed by atoms with van der Waals surface area (Å²) in [5.41, 5.74) is 7.62. The van der Waals surface area contributed by atoms with Crippen molar-refractivity contribution in [1.29, 1.82) is 5.26 Å². The topological polar surface area (TPSA) is 88.0 Å². The number of nitriles is 1. The van der Waals surface area contributed by atoms with E-state index in [0.717, 1.165) is 71.4 Å². The molecule has 6 heteroatoms. The predicted molar refractivity (Wildman–Crippen MR) is 141 cm³/mol. The van der Waals surface area contributed by atoms with Crippen LogP contribution < -0.4 is 5.32 Å². The first kappa shape index (κ1) is 22.9. The van der Waals surface area contributed by atoms with Crippen LogP contribution in [0.15, 0.2) is 61.1 Å². The van der Waals surface area contributed by atoms with Crippen LogP contribution in [-0.2, 0) is 6.54 Å². The fraction of sp³-hybridized carbons (Fsp3) is 0.241. The number of anilines is 2. The summed E-state index contributed by atoms with van der Waals surface area (Å²) in [7, 11) is 0. The Morgan fingerprint density at radius 2 is 2.03 bits per heavy atom. The van der Waals surface area contributed by atoms with E-state index in [4.69, 9.17) is 0 Å². The molecule has 35 heavy (non-hydrogen) atoms. The number of aromatic nitrogens is 2. The van der Waals surface area contributed by atoms with Crippen LogP contribution in [0.25, 0.3) is 23.1 Å². The molecule has 5 rings (SSSR count). The van der Waals surface area contributed by atoms with Gasteiger partial charge in [-0.2, -0.15) is 5.26 Å². The van der Waals surface area contributed by atoms with Crippen LogP contribution in [0.2, 0.25) is 0 Å². The van der Waals surface area contributed by atoms with Gasteiger partial charge in [-0.25, -0.2) is 0 Å². The maximum atomic E-state index is 9.75. The quantitative estimate of drug-likeness (QED) is 0.346. The molecule has 2 aromatic carbocycles. The van der Waals surface area contributed by atoms with E-state index in [1.54, 1.807) is 12.4 Å². The molecule has 3 N–H and O–H groups in total. The smallest absolute Gasteiger partial charge is 0.103 e. The molecule has 0 atom stereocenters. The lowest BCUT2D eigenvalue weighted by Gasteiger charge is -2.29. The molecule has 0 radical (unpaired) electrons. The van der Waals surface area contributed by atoms with Crippen LogP contribution in [-0.4, -0.2) is 39.2 Å². The lowest BCUT2D eigenvalue weighted by Crippen LogP contribution is -2.35. The summed E-state index contributed by atoms with van der Waals surface area (Å²) < 4.78 is 0. The molecule has 1 aliphatic rings. The van der Waals surface area contributed by atoms with E-state index in [2.05, 4.69) is 69.6 Å². The molecule has 6 nitrogen and oxygen atoms in total. The third kappa shape index (κ3) is 5.12. The minimum absolute atomic E-state index is 0.158. The molecule has 0 unspecified atom stereocenters. The average Bonchev–Trinajstić information content (AvgIpc) is 3.36. The van der Waals surface area contributed by atoms with E-state index >= 15 is 0 Å². The number of nitrogens with one attached hydrogen (secondary N) is 2. The number of aryl methyl sites for hydroxylation is 1. The minimum Gasteiger partial charge on any atom is -0.393 e. The molecule has 1 fully saturated rings. The van der Waals surface area contributed by atoms with E-state index in [1.807, 2.05) is 24.4 Å². The molecule has 0 saturated carbocycles. The lowest BCUT2D eigenvalue weighted by molar-refractivity contribution is 0.0792. The van der Waals surface area contributed by atoms with Crippen molar-refractivity contribution in [3.05, 3.63) is 88.9 Å². The van der Waals surface area contributed by atoms with Crippen molar-refractivity contribution < 1.29 is 5.11 Å². The van der Waals surface area contributed by atoms with Crippen molar-refractivity contribution in [2.45, 2.75) is 32.4 Å². The first-order valence-electron chi connectivity index (χ1n) is 12.0. The molecule has 3 heterocycles. The molecule has 0 spiro atoms. The fourth-order valence-corrected chi connectivity index (χ4v) is 4.70. The average molecular weight is 464 g/mol. The van der Waals surface area contributed by atoms with E-state index in [-0.39, 0.29) is 6.10 Å². The van der Waals surface area contributed by atoms with Crippen LogP contribution in [0, 0.1) is 18.3 Å². The minimum atomic E-state index is -0.158. The van der Waals surface area contributed by atoms with Gasteiger partial charge in [0.15, 0.2) is 0 Å². The van der Waals surface area contributed by atoms with Gasteiger partial charge in [0.25, 0.3) is 0 Å². The SMILES string of the molecule is Cc1c(Nc2c(C#N)cncc2/C=C/c2cccc(CN3CCC(O)CC3)c2)ccc2[nH]ccc12. The second kappa shape index (κ2) is 10.1. The largest absolute Gasteiger partial charge is 0.393 e. The zero-order chi connectivity index (χ0) is 24.2. The molecular formula is C29H29N5O. The number of rotatable bonds is 6. The van der Waals surface area contributed by atoms with Crippen molar-refractivity contribution in [2.75, 3.05) is 18.4 Å². The van der Waals surface area contributed by atoms with Gasteiger partial charge in [0, 0.05) is 60.4 Å². The maximum absolute atomic E-state index is 9.75. The van der Waals surface area contributed by atoms with Gasteiger partial charge in [-0.05, 0) is 54.7 Å². The van der Waals surface area contributed by atoms with Gasteiger partial charge in [0.2, 0.25) is 0 Å². The zero-order valence-corrected chi connectivity index (χ0v) is 19.8. The van der Waals surface area contributed by atoms with Gasteiger partial charge in [-0.15, -0.1) is 0 Å². The van der Waals surface area contributed by atoms with Crippen molar-refractivity contribution in [3.63, 3.8) is 0 Å². The van der Waals surface area contributed by atoms with Crippen molar-refractivity contribution in [2.24, 2.45) is 0 Å². The standard InChI is InChI=1S/C29H29N5O/c1-20-26-9-12-32-28(26)8-7-27(20)33-29-23(17-31-18-24(29)16-30)6-5-21-3-2-4-22(15-21)19-34-13-10-25(35)11-14-34/h2-9,12,15,17-18,25,32,35H,10-11,13-14,19H2,1H3,(H,31,33)/b6-5+. The summed E-state index contributed by atoms with van der Waals surface area (Å²) in [6, 6.07) is 16.9. The number of benzene rings is 2. The second-order valence-electron chi connectivity index (χ2n) is 9.15. The monoisotopic (exact) mass is 463 g/mol. The summed E-state index contributed by atoms with van der Waals surface area (Å²) in [5, 5.41) is 24.1. The van der Waals surface area contributed by atoms with Crippen LogP contribution >= 0.6 is 0 Å². The highest BCUT2D eigenvalue weighted by molar-refractivity contribution is 5.90. The van der Waals surface area contributed by atoms with Crippen molar-refractivity contribution in [1.82, 2.24) is 14.9 Å². The third-order valence-electron chi connectivity index (χ3n) is 6.73. The molecule has 176 valence electrons. The van der Waals surface area contributed by atoms with Gasteiger partial charge in [-0.3, -0.25) is 9.88 Å². The Morgan fingerprint density at radius 3 is 2.86 bits per heavy atom. The van der Waals surface area contributed by atoms with Crippen molar-refractivity contribution in [3.8, 4) is 6.07 Å². The Bertz CT molecular complexity index is 1410. The second-order valence-corrected chi connectivity index (χ2v) is 9.15. The Balaban J connectivity index is 1.39. The van der Waals surface area contributed by atoms with E-state index < -0.39 is 0 Å². The summed E-state index contributed by atoms with van der Waals surface area (Å²) in [6.07, 6.45) is 10.9. The number of aromatic amines is 1. The highest BCUT2D eigenvalue weighted by atomic mass is 16.3.